The number of halogens is 1. The van der Waals surface area contributed by atoms with Crippen LogP contribution in [0.15, 0.2) is 24.3 Å². The van der Waals surface area contributed by atoms with Gasteiger partial charge in [-0.25, -0.2) is 4.98 Å². The SMILES string of the molecule is COc1nc(C)cc(C)c1CNC(=O)c1cc(NC(C)=O)ccc1Cl. The summed E-state index contributed by atoms with van der Waals surface area (Å²) in [6.45, 7) is 5.46. The number of pyridine rings is 1. The van der Waals surface area contributed by atoms with Crippen LogP contribution in [0.3, 0.4) is 0 Å². The lowest BCUT2D eigenvalue weighted by Crippen LogP contribution is -2.24. The van der Waals surface area contributed by atoms with E-state index in [0.29, 0.717) is 16.6 Å². The first-order valence-electron chi connectivity index (χ1n) is 7.68. The van der Waals surface area contributed by atoms with Gasteiger partial charge in [-0.1, -0.05) is 11.6 Å². The zero-order valence-electron chi connectivity index (χ0n) is 14.6. The van der Waals surface area contributed by atoms with E-state index < -0.39 is 0 Å². The number of amides is 2. The molecular formula is C18H20ClN3O3. The Morgan fingerprint density at radius 1 is 1.24 bits per heavy atom. The van der Waals surface area contributed by atoms with Crippen LogP contribution < -0.4 is 15.4 Å². The third-order valence-electron chi connectivity index (χ3n) is 3.59. The van der Waals surface area contributed by atoms with Crippen LogP contribution in [0.4, 0.5) is 5.69 Å². The van der Waals surface area contributed by atoms with E-state index >= 15 is 0 Å². The first kappa shape index (κ1) is 18.7. The molecule has 0 aliphatic heterocycles. The summed E-state index contributed by atoms with van der Waals surface area (Å²) in [6, 6.07) is 6.67. The van der Waals surface area contributed by atoms with Gasteiger partial charge in [0.15, 0.2) is 0 Å². The first-order chi connectivity index (χ1) is 11.8. The van der Waals surface area contributed by atoms with E-state index in [2.05, 4.69) is 15.6 Å². The van der Waals surface area contributed by atoms with Crippen molar-refractivity contribution in [1.82, 2.24) is 10.3 Å². The van der Waals surface area contributed by atoms with E-state index in [4.69, 9.17) is 16.3 Å². The maximum atomic E-state index is 12.5. The molecule has 0 bridgehead atoms. The number of carbonyl (C=O) groups is 2. The highest BCUT2D eigenvalue weighted by Crippen LogP contribution is 2.23. The van der Waals surface area contributed by atoms with Crippen molar-refractivity contribution in [3.05, 3.63) is 51.7 Å². The average molecular weight is 362 g/mol. The van der Waals surface area contributed by atoms with Crippen molar-refractivity contribution >= 4 is 29.1 Å². The highest BCUT2D eigenvalue weighted by molar-refractivity contribution is 6.34. The molecule has 2 rings (SSSR count). The van der Waals surface area contributed by atoms with Gasteiger partial charge in [-0.3, -0.25) is 9.59 Å². The number of aromatic nitrogens is 1. The second kappa shape index (κ2) is 7.98. The van der Waals surface area contributed by atoms with Crippen molar-refractivity contribution in [2.75, 3.05) is 12.4 Å². The maximum Gasteiger partial charge on any atom is 0.253 e. The van der Waals surface area contributed by atoms with Crippen molar-refractivity contribution in [3.63, 3.8) is 0 Å². The van der Waals surface area contributed by atoms with Gasteiger partial charge in [-0.2, -0.15) is 0 Å². The van der Waals surface area contributed by atoms with E-state index in [1.54, 1.807) is 19.2 Å². The fourth-order valence-electron chi connectivity index (χ4n) is 2.46. The molecule has 0 spiro atoms. The Kier molecular flexibility index (Phi) is 5.98. The standard InChI is InChI=1S/C18H20ClN3O3/c1-10-7-11(2)21-18(25-4)15(10)9-20-17(24)14-8-13(22-12(3)23)5-6-16(14)19/h5-8H,9H2,1-4H3,(H,20,24)(H,22,23). The summed E-state index contributed by atoms with van der Waals surface area (Å²) in [6.07, 6.45) is 0. The minimum absolute atomic E-state index is 0.222. The second-order valence-corrected chi connectivity index (χ2v) is 6.03. The number of nitrogens with zero attached hydrogens (tertiary/aromatic N) is 1. The largest absolute Gasteiger partial charge is 0.481 e. The number of nitrogens with one attached hydrogen (secondary N) is 2. The summed E-state index contributed by atoms with van der Waals surface area (Å²) in [5.74, 6) is -0.0881. The monoisotopic (exact) mass is 361 g/mol. The maximum absolute atomic E-state index is 12.5. The highest BCUT2D eigenvalue weighted by Gasteiger charge is 2.15. The van der Waals surface area contributed by atoms with Gasteiger partial charge in [0.1, 0.15) is 0 Å². The van der Waals surface area contributed by atoms with Gasteiger partial charge in [0.05, 0.1) is 17.7 Å². The lowest BCUT2D eigenvalue weighted by Gasteiger charge is -2.13. The number of rotatable bonds is 5. The van der Waals surface area contributed by atoms with Crippen molar-refractivity contribution in [1.29, 1.82) is 0 Å². The molecule has 25 heavy (non-hydrogen) atoms. The van der Waals surface area contributed by atoms with Crippen LogP contribution >= 0.6 is 11.6 Å². The fraction of sp³-hybridized carbons (Fsp3) is 0.278. The first-order valence-corrected chi connectivity index (χ1v) is 8.06. The normalized spacial score (nSPS) is 10.3. The molecule has 0 unspecified atom stereocenters. The van der Waals surface area contributed by atoms with Crippen LogP contribution in [0.2, 0.25) is 5.02 Å². The Morgan fingerprint density at radius 3 is 2.60 bits per heavy atom. The Labute approximate surface area is 151 Å². The average Bonchev–Trinajstić information content (AvgIpc) is 2.54. The predicted molar refractivity (Wildman–Crippen MR) is 97.2 cm³/mol. The summed E-state index contributed by atoms with van der Waals surface area (Å²) in [4.78, 5) is 28.0. The number of hydrogen-bond acceptors (Lipinski definition) is 4. The molecule has 0 radical (unpaired) electrons. The highest BCUT2D eigenvalue weighted by atomic mass is 35.5. The van der Waals surface area contributed by atoms with Gasteiger partial charge in [-0.15, -0.1) is 0 Å². The molecule has 0 aliphatic carbocycles. The molecule has 0 aliphatic rings. The minimum atomic E-state index is -0.348. The molecular weight excluding hydrogens is 342 g/mol. The van der Waals surface area contributed by atoms with Crippen LogP contribution in [0.1, 0.15) is 34.1 Å². The van der Waals surface area contributed by atoms with E-state index in [0.717, 1.165) is 16.8 Å². The van der Waals surface area contributed by atoms with Crippen molar-refractivity contribution < 1.29 is 14.3 Å². The van der Waals surface area contributed by atoms with Gasteiger partial charge in [0.2, 0.25) is 11.8 Å². The molecule has 1 aromatic carbocycles. The summed E-state index contributed by atoms with van der Waals surface area (Å²) in [5.41, 5.74) is 3.41. The molecule has 7 heteroatoms. The molecule has 2 aromatic rings. The molecule has 0 saturated carbocycles. The topological polar surface area (TPSA) is 80.3 Å². The number of benzene rings is 1. The molecule has 0 fully saturated rings. The van der Waals surface area contributed by atoms with Crippen LogP contribution in [0.25, 0.3) is 0 Å². The lowest BCUT2D eigenvalue weighted by atomic mass is 10.1. The molecule has 6 nitrogen and oxygen atoms in total. The second-order valence-electron chi connectivity index (χ2n) is 5.63. The Hall–Kier alpha value is -2.60. The molecule has 0 atom stereocenters. The number of hydrogen-bond donors (Lipinski definition) is 2. The Morgan fingerprint density at radius 2 is 1.96 bits per heavy atom. The third kappa shape index (κ3) is 4.70. The van der Waals surface area contributed by atoms with Gasteiger partial charge in [0, 0.05) is 30.4 Å². The molecule has 132 valence electrons. The van der Waals surface area contributed by atoms with Crippen molar-refractivity contribution in [3.8, 4) is 5.88 Å². The number of aryl methyl sites for hydroxylation is 2. The number of ether oxygens (including phenoxy) is 1. The summed E-state index contributed by atoms with van der Waals surface area (Å²) in [7, 11) is 1.54. The van der Waals surface area contributed by atoms with E-state index in [-0.39, 0.29) is 23.9 Å². The summed E-state index contributed by atoms with van der Waals surface area (Å²) < 4.78 is 5.30. The zero-order valence-corrected chi connectivity index (χ0v) is 15.3. The van der Waals surface area contributed by atoms with Crippen molar-refractivity contribution in [2.45, 2.75) is 27.3 Å². The molecule has 1 aromatic heterocycles. The smallest absolute Gasteiger partial charge is 0.253 e. The predicted octanol–water partition coefficient (Wildman–Crippen LogP) is 3.25. The molecule has 1 heterocycles. The summed E-state index contributed by atoms with van der Waals surface area (Å²) in [5, 5.41) is 5.75. The Balaban J connectivity index is 2.20. The number of carbonyl (C=O) groups excluding carboxylic acids is 2. The van der Waals surface area contributed by atoms with E-state index in [9.17, 15) is 9.59 Å². The van der Waals surface area contributed by atoms with Gasteiger partial charge in [-0.05, 0) is 43.7 Å². The van der Waals surface area contributed by atoms with E-state index in [1.807, 2.05) is 19.9 Å². The number of anilines is 1. The Bertz CT molecular complexity index is 821. The molecule has 2 amide bonds. The molecule has 2 N–H and O–H groups in total. The minimum Gasteiger partial charge on any atom is -0.481 e. The van der Waals surface area contributed by atoms with Gasteiger partial charge >= 0.3 is 0 Å². The van der Waals surface area contributed by atoms with Gasteiger partial charge < -0.3 is 15.4 Å². The van der Waals surface area contributed by atoms with Crippen molar-refractivity contribution in [2.24, 2.45) is 0 Å². The van der Waals surface area contributed by atoms with Crippen LogP contribution in [-0.4, -0.2) is 23.9 Å². The van der Waals surface area contributed by atoms with Gasteiger partial charge in [0.25, 0.3) is 5.91 Å². The van der Waals surface area contributed by atoms with E-state index in [1.165, 1.54) is 13.0 Å². The fourth-order valence-corrected chi connectivity index (χ4v) is 2.66. The summed E-state index contributed by atoms with van der Waals surface area (Å²) >= 11 is 6.11. The third-order valence-corrected chi connectivity index (χ3v) is 3.92. The number of methoxy groups -OCH3 is 1. The quantitative estimate of drug-likeness (QED) is 0.856. The zero-order chi connectivity index (χ0) is 18.6. The lowest BCUT2D eigenvalue weighted by molar-refractivity contribution is -0.114. The van der Waals surface area contributed by atoms with Crippen LogP contribution in [0, 0.1) is 13.8 Å². The molecule has 0 saturated heterocycles. The van der Waals surface area contributed by atoms with Crippen LogP contribution in [-0.2, 0) is 11.3 Å². The van der Waals surface area contributed by atoms with Crippen LogP contribution in [0.5, 0.6) is 5.88 Å².